The number of hydrogen-bond acceptors (Lipinski definition) is 5. The fraction of sp³-hybridized carbons (Fsp3) is 0.667. The molecule has 0 bridgehead atoms. The van der Waals surface area contributed by atoms with Crippen LogP contribution in [0.5, 0.6) is 0 Å². The standard InChI is InChI=1S/C15H23N3O3S/c1-2-22(19,20)18-10-11-21-15(13-18)7-5-9-17(12-15)14-6-3-4-8-16-14/h3-4,6,8H,2,5,7,9-13H2,1H3/t15-/m0/s1. The summed E-state index contributed by atoms with van der Waals surface area (Å²) in [7, 11) is -3.16. The Morgan fingerprint density at radius 1 is 1.32 bits per heavy atom. The van der Waals surface area contributed by atoms with E-state index in [1.165, 1.54) is 0 Å². The van der Waals surface area contributed by atoms with Gasteiger partial charge in [-0.2, -0.15) is 4.31 Å². The van der Waals surface area contributed by atoms with Crippen molar-refractivity contribution in [3.05, 3.63) is 24.4 Å². The van der Waals surface area contributed by atoms with E-state index in [2.05, 4.69) is 9.88 Å². The van der Waals surface area contributed by atoms with Gasteiger partial charge >= 0.3 is 0 Å². The molecule has 0 saturated carbocycles. The number of nitrogens with zero attached hydrogens (tertiary/aromatic N) is 3. The van der Waals surface area contributed by atoms with Crippen LogP contribution in [-0.2, 0) is 14.8 Å². The van der Waals surface area contributed by atoms with E-state index in [1.54, 1.807) is 17.4 Å². The van der Waals surface area contributed by atoms with Crippen molar-refractivity contribution in [2.24, 2.45) is 0 Å². The van der Waals surface area contributed by atoms with Gasteiger partial charge in [-0.3, -0.25) is 0 Å². The summed E-state index contributed by atoms with van der Waals surface area (Å²) in [5, 5.41) is 0. The Bertz CT molecular complexity index is 604. The second-order valence-corrected chi connectivity index (χ2v) is 8.24. The van der Waals surface area contributed by atoms with Crippen LogP contribution >= 0.6 is 0 Å². The zero-order chi connectivity index (χ0) is 15.6. The number of rotatable bonds is 3. The van der Waals surface area contributed by atoms with Gasteiger partial charge in [0.15, 0.2) is 0 Å². The fourth-order valence-corrected chi connectivity index (χ4v) is 4.46. The normalized spacial score (nSPS) is 27.2. The lowest BCUT2D eigenvalue weighted by Gasteiger charge is -2.47. The summed E-state index contributed by atoms with van der Waals surface area (Å²) in [5.74, 6) is 1.08. The molecule has 0 unspecified atom stereocenters. The molecule has 1 aromatic rings. The largest absolute Gasteiger partial charge is 0.370 e. The van der Waals surface area contributed by atoms with Crippen molar-refractivity contribution in [1.29, 1.82) is 0 Å². The molecule has 2 fully saturated rings. The molecule has 7 heteroatoms. The van der Waals surface area contributed by atoms with Crippen LogP contribution in [0.1, 0.15) is 19.8 Å². The van der Waals surface area contributed by atoms with E-state index in [9.17, 15) is 8.42 Å². The lowest BCUT2D eigenvalue weighted by Crippen LogP contribution is -2.61. The predicted molar refractivity (Wildman–Crippen MR) is 85.4 cm³/mol. The van der Waals surface area contributed by atoms with Crippen LogP contribution in [0.25, 0.3) is 0 Å². The van der Waals surface area contributed by atoms with E-state index < -0.39 is 15.6 Å². The van der Waals surface area contributed by atoms with Crippen LogP contribution in [0.3, 0.4) is 0 Å². The summed E-state index contributed by atoms with van der Waals surface area (Å²) < 4.78 is 32.0. The maximum absolute atomic E-state index is 12.2. The van der Waals surface area contributed by atoms with Crippen molar-refractivity contribution in [2.45, 2.75) is 25.4 Å². The van der Waals surface area contributed by atoms with Crippen molar-refractivity contribution in [3.63, 3.8) is 0 Å². The molecule has 6 nitrogen and oxygen atoms in total. The molecule has 2 aliphatic heterocycles. The van der Waals surface area contributed by atoms with Crippen LogP contribution in [0.4, 0.5) is 5.82 Å². The monoisotopic (exact) mass is 325 g/mol. The number of pyridine rings is 1. The summed E-state index contributed by atoms with van der Waals surface area (Å²) in [6, 6.07) is 5.86. The van der Waals surface area contributed by atoms with E-state index in [0.29, 0.717) is 26.2 Å². The molecule has 122 valence electrons. The summed E-state index contributed by atoms with van der Waals surface area (Å²) >= 11 is 0. The van der Waals surface area contributed by atoms with Crippen molar-refractivity contribution < 1.29 is 13.2 Å². The zero-order valence-electron chi connectivity index (χ0n) is 12.9. The quantitative estimate of drug-likeness (QED) is 0.833. The second-order valence-electron chi connectivity index (χ2n) is 5.98. The van der Waals surface area contributed by atoms with Crippen LogP contribution in [0.2, 0.25) is 0 Å². The van der Waals surface area contributed by atoms with Gasteiger partial charge in [-0.25, -0.2) is 13.4 Å². The van der Waals surface area contributed by atoms with Gasteiger partial charge < -0.3 is 9.64 Å². The van der Waals surface area contributed by atoms with Crippen molar-refractivity contribution in [3.8, 4) is 0 Å². The Morgan fingerprint density at radius 2 is 2.18 bits per heavy atom. The number of aromatic nitrogens is 1. The average Bonchev–Trinajstić information content (AvgIpc) is 2.56. The zero-order valence-corrected chi connectivity index (χ0v) is 13.8. The summed E-state index contributed by atoms with van der Waals surface area (Å²) in [6.07, 6.45) is 3.66. The molecule has 3 rings (SSSR count). The van der Waals surface area contributed by atoms with E-state index in [-0.39, 0.29) is 5.75 Å². The van der Waals surface area contributed by atoms with E-state index in [4.69, 9.17) is 4.74 Å². The average molecular weight is 325 g/mol. The molecule has 1 atom stereocenters. The Balaban J connectivity index is 1.78. The third kappa shape index (κ3) is 3.11. The third-order valence-corrected chi connectivity index (χ3v) is 6.31. The van der Waals surface area contributed by atoms with Gasteiger partial charge in [0.2, 0.25) is 10.0 Å². The number of sulfonamides is 1. The maximum atomic E-state index is 12.2. The SMILES string of the molecule is CCS(=O)(=O)N1CCO[C@]2(CCCN(c3ccccn3)C2)C1. The molecular weight excluding hydrogens is 302 g/mol. The first-order valence-electron chi connectivity index (χ1n) is 7.82. The molecule has 0 amide bonds. The van der Waals surface area contributed by atoms with Crippen LogP contribution in [-0.4, -0.2) is 61.8 Å². The molecule has 0 N–H and O–H groups in total. The molecule has 0 aromatic carbocycles. The number of ether oxygens (including phenoxy) is 1. The van der Waals surface area contributed by atoms with Crippen LogP contribution in [0.15, 0.2) is 24.4 Å². The summed E-state index contributed by atoms with van der Waals surface area (Å²) in [4.78, 5) is 6.60. The van der Waals surface area contributed by atoms with E-state index in [1.807, 2.05) is 18.2 Å². The Labute approximate surface area is 132 Å². The van der Waals surface area contributed by atoms with E-state index in [0.717, 1.165) is 25.2 Å². The highest BCUT2D eigenvalue weighted by atomic mass is 32.2. The topological polar surface area (TPSA) is 62.7 Å². The van der Waals surface area contributed by atoms with E-state index >= 15 is 0 Å². The van der Waals surface area contributed by atoms with Crippen LogP contribution in [0, 0.1) is 0 Å². The minimum absolute atomic E-state index is 0.146. The third-order valence-electron chi connectivity index (χ3n) is 4.48. The summed E-state index contributed by atoms with van der Waals surface area (Å²) in [6.45, 7) is 4.70. The maximum Gasteiger partial charge on any atom is 0.214 e. The first kappa shape index (κ1) is 15.7. The Morgan fingerprint density at radius 3 is 2.91 bits per heavy atom. The van der Waals surface area contributed by atoms with Crippen molar-refractivity contribution >= 4 is 15.8 Å². The minimum atomic E-state index is -3.16. The van der Waals surface area contributed by atoms with Gasteiger partial charge in [-0.1, -0.05) is 6.07 Å². The number of morpholine rings is 1. The van der Waals surface area contributed by atoms with Gasteiger partial charge in [0.05, 0.1) is 18.0 Å². The van der Waals surface area contributed by atoms with Gasteiger partial charge in [0.25, 0.3) is 0 Å². The molecule has 2 aliphatic rings. The molecule has 1 spiro atoms. The fourth-order valence-electron chi connectivity index (χ4n) is 3.31. The minimum Gasteiger partial charge on any atom is -0.370 e. The van der Waals surface area contributed by atoms with Gasteiger partial charge in [0.1, 0.15) is 5.82 Å². The first-order valence-corrected chi connectivity index (χ1v) is 9.43. The molecule has 1 aromatic heterocycles. The lowest BCUT2D eigenvalue weighted by molar-refractivity contribution is -0.0950. The summed E-state index contributed by atoms with van der Waals surface area (Å²) in [5.41, 5.74) is -0.406. The highest BCUT2D eigenvalue weighted by Crippen LogP contribution is 2.31. The van der Waals surface area contributed by atoms with Gasteiger partial charge in [-0.15, -0.1) is 0 Å². The second kappa shape index (κ2) is 6.14. The highest BCUT2D eigenvalue weighted by molar-refractivity contribution is 7.89. The number of hydrogen-bond donors (Lipinski definition) is 0. The molecule has 0 radical (unpaired) electrons. The molecule has 22 heavy (non-hydrogen) atoms. The number of piperidine rings is 1. The first-order chi connectivity index (χ1) is 10.5. The Hall–Kier alpha value is -1.18. The smallest absolute Gasteiger partial charge is 0.214 e. The van der Waals surface area contributed by atoms with Gasteiger partial charge in [-0.05, 0) is 31.9 Å². The van der Waals surface area contributed by atoms with Crippen molar-refractivity contribution in [2.75, 3.05) is 43.4 Å². The van der Waals surface area contributed by atoms with Crippen molar-refractivity contribution in [1.82, 2.24) is 9.29 Å². The molecule has 0 aliphatic carbocycles. The lowest BCUT2D eigenvalue weighted by atomic mass is 9.91. The van der Waals surface area contributed by atoms with Crippen LogP contribution < -0.4 is 4.90 Å². The molecular formula is C15H23N3O3S. The number of anilines is 1. The molecule has 2 saturated heterocycles. The predicted octanol–water partition coefficient (Wildman–Crippen LogP) is 1.10. The van der Waals surface area contributed by atoms with Gasteiger partial charge in [0, 0.05) is 32.4 Å². The highest BCUT2D eigenvalue weighted by Gasteiger charge is 2.43. The molecule has 3 heterocycles. The Kier molecular flexibility index (Phi) is 4.38.